The number of aromatic amines is 1. The van der Waals surface area contributed by atoms with Gasteiger partial charge in [0.2, 0.25) is 0 Å². The number of nitrogens with one attached hydrogen (secondary N) is 1. The quantitative estimate of drug-likeness (QED) is 0.790. The van der Waals surface area contributed by atoms with E-state index in [4.69, 9.17) is 0 Å². The fourth-order valence-electron chi connectivity index (χ4n) is 2.32. The fraction of sp³-hybridized carbons (Fsp3) is 0.176. The normalized spacial score (nSPS) is 10.8. The summed E-state index contributed by atoms with van der Waals surface area (Å²) >= 11 is 0. The number of nitrogens with zero attached hydrogens (tertiary/aromatic N) is 1. The maximum Gasteiger partial charge on any atom is 0.258 e. The molecular formula is C17H16N2O. The molecule has 0 saturated carbocycles. The minimum Gasteiger partial charge on any atom is -0.310 e. The van der Waals surface area contributed by atoms with E-state index in [-0.39, 0.29) is 5.56 Å². The molecule has 0 bridgehead atoms. The average molecular weight is 264 g/mol. The van der Waals surface area contributed by atoms with Gasteiger partial charge in [-0.3, -0.25) is 4.79 Å². The van der Waals surface area contributed by atoms with Crippen LogP contribution in [0.2, 0.25) is 0 Å². The number of H-pyrrole nitrogens is 1. The fourth-order valence-corrected chi connectivity index (χ4v) is 2.32. The first kappa shape index (κ1) is 12.6. The molecule has 0 atom stereocenters. The summed E-state index contributed by atoms with van der Waals surface area (Å²) in [6.45, 7) is 2.01. The van der Waals surface area contributed by atoms with Crippen molar-refractivity contribution in [2.24, 2.45) is 0 Å². The molecule has 0 amide bonds. The molecule has 0 aliphatic carbocycles. The van der Waals surface area contributed by atoms with Gasteiger partial charge in [0.05, 0.1) is 10.9 Å². The molecule has 3 nitrogen and oxygen atoms in total. The highest BCUT2D eigenvalue weighted by atomic mass is 16.1. The van der Waals surface area contributed by atoms with Crippen molar-refractivity contribution in [3.05, 3.63) is 75.8 Å². The number of aryl methyl sites for hydroxylation is 3. The van der Waals surface area contributed by atoms with Gasteiger partial charge in [-0.15, -0.1) is 0 Å². The third kappa shape index (κ3) is 2.62. The Kier molecular flexibility index (Phi) is 3.33. The van der Waals surface area contributed by atoms with E-state index in [0.29, 0.717) is 5.39 Å². The highest BCUT2D eigenvalue weighted by molar-refractivity contribution is 5.78. The van der Waals surface area contributed by atoms with E-state index in [1.165, 1.54) is 5.56 Å². The topological polar surface area (TPSA) is 45.8 Å². The number of fused-ring (bicyclic) bond motifs is 1. The van der Waals surface area contributed by atoms with Crippen LogP contribution in [0.1, 0.15) is 17.0 Å². The Morgan fingerprint density at radius 2 is 1.85 bits per heavy atom. The van der Waals surface area contributed by atoms with Gasteiger partial charge in [0.15, 0.2) is 0 Å². The second-order valence-electron chi connectivity index (χ2n) is 5.02. The first-order valence-electron chi connectivity index (χ1n) is 6.76. The van der Waals surface area contributed by atoms with Gasteiger partial charge < -0.3 is 4.98 Å². The standard InChI is InChI=1S/C17H16N2O/c1-12-7-9-14-15(11-12)18-16(19-17(14)20)10-8-13-5-3-2-4-6-13/h2-7,9,11H,8,10H2,1H3,(H,18,19,20). The second kappa shape index (κ2) is 5.29. The Morgan fingerprint density at radius 1 is 1.05 bits per heavy atom. The SMILES string of the molecule is Cc1ccc2c(=O)[nH]c(CCc3ccccc3)nc2c1. The van der Waals surface area contributed by atoms with Crippen LogP contribution in [0.15, 0.2) is 53.3 Å². The van der Waals surface area contributed by atoms with Crippen molar-refractivity contribution in [1.29, 1.82) is 0 Å². The lowest BCUT2D eigenvalue weighted by Crippen LogP contribution is -2.12. The lowest BCUT2D eigenvalue weighted by molar-refractivity contribution is 0.861. The number of aromatic nitrogens is 2. The van der Waals surface area contributed by atoms with Crippen molar-refractivity contribution in [2.45, 2.75) is 19.8 Å². The highest BCUT2D eigenvalue weighted by Crippen LogP contribution is 2.10. The van der Waals surface area contributed by atoms with Crippen LogP contribution in [-0.4, -0.2) is 9.97 Å². The molecule has 2 aromatic carbocycles. The summed E-state index contributed by atoms with van der Waals surface area (Å²) in [5.41, 5.74) is 3.08. The summed E-state index contributed by atoms with van der Waals surface area (Å²) in [6.07, 6.45) is 1.62. The van der Waals surface area contributed by atoms with E-state index in [1.54, 1.807) is 0 Å². The van der Waals surface area contributed by atoms with Crippen LogP contribution in [0.25, 0.3) is 10.9 Å². The van der Waals surface area contributed by atoms with E-state index < -0.39 is 0 Å². The minimum atomic E-state index is -0.0574. The molecule has 0 fully saturated rings. The predicted molar refractivity (Wildman–Crippen MR) is 81.0 cm³/mol. The van der Waals surface area contributed by atoms with Crippen molar-refractivity contribution < 1.29 is 0 Å². The lowest BCUT2D eigenvalue weighted by atomic mass is 10.1. The van der Waals surface area contributed by atoms with E-state index in [0.717, 1.165) is 29.7 Å². The second-order valence-corrected chi connectivity index (χ2v) is 5.02. The summed E-state index contributed by atoms with van der Waals surface area (Å²) in [5.74, 6) is 0.747. The van der Waals surface area contributed by atoms with Crippen molar-refractivity contribution >= 4 is 10.9 Å². The number of benzene rings is 2. The van der Waals surface area contributed by atoms with Crippen molar-refractivity contribution in [3.8, 4) is 0 Å². The van der Waals surface area contributed by atoms with Gasteiger partial charge in [-0.2, -0.15) is 0 Å². The molecular weight excluding hydrogens is 248 g/mol. The minimum absolute atomic E-state index is 0.0574. The van der Waals surface area contributed by atoms with Crippen LogP contribution in [0, 0.1) is 6.92 Å². The molecule has 0 unspecified atom stereocenters. The Morgan fingerprint density at radius 3 is 2.65 bits per heavy atom. The molecule has 0 aliphatic heterocycles. The van der Waals surface area contributed by atoms with Crippen LogP contribution in [-0.2, 0) is 12.8 Å². The monoisotopic (exact) mass is 264 g/mol. The molecule has 1 aromatic heterocycles. The van der Waals surface area contributed by atoms with Crippen molar-refractivity contribution in [3.63, 3.8) is 0 Å². The zero-order chi connectivity index (χ0) is 13.9. The first-order chi connectivity index (χ1) is 9.72. The zero-order valence-corrected chi connectivity index (χ0v) is 11.4. The van der Waals surface area contributed by atoms with Gasteiger partial charge >= 0.3 is 0 Å². The van der Waals surface area contributed by atoms with E-state index in [9.17, 15) is 4.79 Å². The maximum atomic E-state index is 12.0. The molecule has 20 heavy (non-hydrogen) atoms. The summed E-state index contributed by atoms with van der Waals surface area (Å²) in [5, 5.41) is 0.652. The Bertz CT molecular complexity index is 791. The number of hydrogen-bond donors (Lipinski definition) is 1. The molecule has 0 saturated heterocycles. The molecule has 100 valence electrons. The van der Waals surface area contributed by atoms with Crippen LogP contribution in [0.5, 0.6) is 0 Å². The summed E-state index contributed by atoms with van der Waals surface area (Å²) in [4.78, 5) is 19.5. The Balaban J connectivity index is 1.90. The van der Waals surface area contributed by atoms with Crippen LogP contribution >= 0.6 is 0 Å². The molecule has 3 aromatic rings. The largest absolute Gasteiger partial charge is 0.310 e. The van der Waals surface area contributed by atoms with Crippen LogP contribution in [0.4, 0.5) is 0 Å². The molecule has 1 heterocycles. The van der Waals surface area contributed by atoms with Crippen LogP contribution in [0.3, 0.4) is 0 Å². The molecule has 0 radical (unpaired) electrons. The van der Waals surface area contributed by atoms with Crippen molar-refractivity contribution in [2.75, 3.05) is 0 Å². The Hall–Kier alpha value is -2.42. The zero-order valence-electron chi connectivity index (χ0n) is 11.4. The smallest absolute Gasteiger partial charge is 0.258 e. The van der Waals surface area contributed by atoms with Gasteiger partial charge in [-0.05, 0) is 36.6 Å². The van der Waals surface area contributed by atoms with E-state index >= 15 is 0 Å². The predicted octanol–water partition coefficient (Wildman–Crippen LogP) is 3.02. The molecule has 1 N–H and O–H groups in total. The number of rotatable bonds is 3. The average Bonchev–Trinajstić information content (AvgIpc) is 2.46. The van der Waals surface area contributed by atoms with Gasteiger partial charge in [0, 0.05) is 6.42 Å². The molecule has 0 spiro atoms. The maximum absolute atomic E-state index is 12.0. The molecule has 3 heteroatoms. The van der Waals surface area contributed by atoms with E-state index in [1.807, 2.05) is 43.3 Å². The highest BCUT2D eigenvalue weighted by Gasteiger charge is 2.04. The Labute approximate surface area is 117 Å². The van der Waals surface area contributed by atoms with Gasteiger partial charge in [-0.25, -0.2) is 4.98 Å². The summed E-state index contributed by atoms with van der Waals surface area (Å²) in [6, 6.07) is 15.9. The molecule has 3 rings (SSSR count). The summed E-state index contributed by atoms with van der Waals surface area (Å²) < 4.78 is 0. The van der Waals surface area contributed by atoms with Gasteiger partial charge in [-0.1, -0.05) is 36.4 Å². The third-order valence-corrected chi connectivity index (χ3v) is 3.40. The number of hydrogen-bond acceptors (Lipinski definition) is 2. The van der Waals surface area contributed by atoms with E-state index in [2.05, 4.69) is 22.1 Å². The van der Waals surface area contributed by atoms with Gasteiger partial charge in [0.25, 0.3) is 5.56 Å². The molecule has 0 aliphatic rings. The summed E-state index contributed by atoms with van der Waals surface area (Å²) in [7, 11) is 0. The lowest BCUT2D eigenvalue weighted by Gasteiger charge is -2.04. The van der Waals surface area contributed by atoms with Gasteiger partial charge in [0.1, 0.15) is 5.82 Å². The third-order valence-electron chi connectivity index (χ3n) is 3.40. The van der Waals surface area contributed by atoms with Crippen LogP contribution < -0.4 is 5.56 Å². The first-order valence-corrected chi connectivity index (χ1v) is 6.76. The van der Waals surface area contributed by atoms with Crippen molar-refractivity contribution in [1.82, 2.24) is 9.97 Å².